The van der Waals surface area contributed by atoms with Gasteiger partial charge < -0.3 is 0 Å². The van der Waals surface area contributed by atoms with E-state index in [1.807, 2.05) is 23.9 Å². The number of hydrazine groups is 1. The van der Waals surface area contributed by atoms with Crippen molar-refractivity contribution in [2.75, 3.05) is 0 Å². The highest BCUT2D eigenvalue weighted by molar-refractivity contribution is 5.14. The van der Waals surface area contributed by atoms with Crippen LogP contribution >= 0.6 is 0 Å². The molecule has 0 radical (unpaired) electrons. The van der Waals surface area contributed by atoms with Gasteiger partial charge in [-0.25, -0.2) is 0 Å². The summed E-state index contributed by atoms with van der Waals surface area (Å²) in [5.74, 6) is 5.67. The maximum absolute atomic E-state index is 5.67. The lowest BCUT2D eigenvalue weighted by Gasteiger charge is -2.16. The number of nitrogens with zero attached hydrogens (tertiary/aromatic N) is 3. The van der Waals surface area contributed by atoms with Gasteiger partial charge in [-0.05, 0) is 38.0 Å². The molecular formula is C14H21N5. The first-order valence-corrected chi connectivity index (χ1v) is 6.61. The van der Waals surface area contributed by atoms with Crippen LogP contribution in [0.4, 0.5) is 0 Å². The molecule has 0 saturated carbocycles. The zero-order valence-corrected chi connectivity index (χ0v) is 11.5. The van der Waals surface area contributed by atoms with E-state index in [-0.39, 0.29) is 6.04 Å². The second-order valence-corrected chi connectivity index (χ2v) is 4.73. The first-order valence-electron chi connectivity index (χ1n) is 6.61. The molecule has 0 aliphatic rings. The summed E-state index contributed by atoms with van der Waals surface area (Å²) in [6.45, 7) is 5.00. The molecule has 0 amide bonds. The van der Waals surface area contributed by atoms with E-state index in [1.54, 1.807) is 6.20 Å². The molecule has 1 unspecified atom stereocenters. The quantitative estimate of drug-likeness (QED) is 0.604. The molecule has 0 saturated heterocycles. The Balaban J connectivity index is 2.06. The van der Waals surface area contributed by atoms with Crippen LogP contribution in [0.2, 0.25) is 0 Å². The number of aromatic nitrogens is 3. The Morgan fingerprint density at radius 1 is 1.42 bits per heavy atom. The molecule has 2 rings (SSSR count). The molecular weight excluding hydrogens is 238 g/mol. The van der Waals surface area contributed by atoms with Gasteiger partial charge in [0, 0.05) is 37.1 Å². The van der Waals surface area contributed by atoms with Gasteiger partial charge in [-0.2, -0.15) is 5.10 Å². The van der Waals surface area contributed by atoms with Gasteiger partial charge in [-0.3, -0.25) is 20.9 Å². The lowest BCUT2D eigenvalue weighted by Crippen LogP contribution is -2.39. The predicted molar refractivity (Wildman–Crippen MR) is 75.4 cm³/mol. The second-order valence-electron chi connectivity index (χ2n) is 4.73. The topological polar surface area (TPSA) is 68.8 Å². The molecule has 2 aromatic rings. The predicted octanol–water partition coefficient (Wildman–Crippen LogP) is 1.22. The van der Waals surface area contributed by atoms with Gasteiger partial charge in [-0.15, -0.1) is 0 Å². The lowest BCUT2D eigenvalue weighted by molar-refractivity contribution is 0.495. The van der Waals surface area contributed by atoms with E-state index in [0.29, 0.717) is 0 Å². The number of rotatable bonds is 6. The third-order valence-electron chi connectivity index (χ3n) is 3.18. The maximum atomic E-state index is 5.67. The van der Waals surface area contributed by atoms with Gasteiger partial charge >= 0.3 is 0 Å². The zero-order valence-electron chi connectivity index (χ0n) is 11.5. The molecule has 1 atom stereocenters. The Bertz CT molecular complexity index is 506. The molecule has 102 valence electrons. The molecule has 0 spiro atoms. The standard InChI is InChI=1S/C14H21N5/c1-3-19-14(7-11(2)18-19)9-13(17-15)8-12-5-4-6-16-10-12/h4-7,10,13,17H,3,8-9,15H2,1-2H3. The molecule has 0 aliphatic carbocycles. The van der Waals surface area contributed by atoms with Crippen LogP contribution in [-0.2, 0) is 19.4 Å². The minimum Gasteiger partial charge on any atom is -0.271 e. The van der Waals surface area contributed by atoms with Crippen molar-refractivity contribution >= 4 is 0 Å². The van der Waals surface area contributed by atoms with E-state index in [4.69, 9.17) is 5.84 Å². The average Bonchev–Trinajstić information content (AvgIpc) is 2.79. The van der Waals surface area contributed by atoms with E-state index in [2.05, 4.69) is 34.6 Å². The van der Waals surface area contributed by atoms with Crippen molar-refractivity contribution in [2.24, 2.45) is 5.84 Å². The number of aryl methyl sites for hydroxylation is 2. The first kappa shape index (κ1) is 13.7. The molecule has 0 aromatic carbocycles. The number of nitrogens with two attached hydrogens (primary N) is 1. The summed E-state index contributed by atoms with van der Waals surface area (Å²) in [7, 11) is 0. The summed E-state index contributed by atoms with van der Waals surface area (Å²) in [6, 6.07) is 6.32. The van der Waals surface area contributed by atoms with E-state index < -0.39 is 0 Å². The average molecular weight is 259 g/mol. The minimum atomic E-state index is 0.186. The van der Waals surface area contributed by atoms with Crippen molar-refractivity contribution in [3.8, 4) is 0 Å². The lowest BCUT2D eigenvalue weighted by atomic mass is 10.0. The molecule has 2 aromatic heterocycles. The van der Waals surface area contributed by atoms with E-state index in [0.717, 1.165) is 25.1 Å². The fraction of sp³-hybridized carbons (Fsp3) is 0.429. The summed E-state index contributed by atoms with van der Waals surface area (Å²) in [6.07, 6.45) is 5.38. The summed E-state index contributed by atoms with van der Waals surface area (Å²) < 4.78 is 2.03. The molecule has 0 bridgehead atoms. The highest BCUT2D eigenvalue weighted by Gasteiger charge is 2.13. The van der Waals surface area contributed by atoms with Crippen LogP contribution in [0.15, 0.2) is 30.6 Å². The number of hydrogen-bond donors (Lipinski definition) is 2. The number of pyridine rings is 1. The summed E-state index contributed by atoms with van der Waals surface area (Å²) >= 11 is 0. The molecule has 5 nitrogen and oxygen atoms in total. The Hall–Kier alpha value is -1.72. The Labute approximate surface area is 113 Å². The normalized spacial score (nSPS) is 12.6. The number of nitrogens with one attached hydrogen (secondary N) is 1. The van der Waals surface area contributed by atoms with Crippen LogP contribution in [0, 0.1) is 6.92 Å². The minimum absolute atomic E-state index is 0.186. The Kier molecular flexibility index (Phi) is 4.65. The van der Waals surface area contributed by atoms with Crippen molar-refractivity contribution in [3.63, 3.8) is 0 Å². The number of hydrogen-bond acceptors (Lipinski definition) is 4. The van der Waals surface area contributed by atoms with Crippen LogP contribution < -0.4 is 11.3 Å². The molecule has 5 heteroatoms. The van der Waals surface area contributed by atoms with Crippen molar-refractivity contribution in [2.45, 2.75) is 39.3 Å². The van der Waals surface area contributed by atoms with E-state index >= 15 is 0 Å². The molecule has 0 aliphatic heterocycles. The molecule has 19 heavy (non-hydrogen) atoms. The Morgan fingerprint density at radius 2 is 2.26 bits per heavy atom. The van der Waals surface area contributed by atoms with Gasteiger partial charge in [0.1, 0.15) is 0 Å². The van der Waals surface area contributed by atoms with Gasteiger partial charge in [0.15, 0.2) is 0 Å². The fourth-order valence-electron chi connectivity index (χ4n) is 2.28. The molecule has 0 fully saturated rings. The summed E-state index contributed by atoms with van der Waals surface area (Å²) in [4.78, 5) is 4.13. The van der Waals surface area contributed by atoms with Crippen LogP contribution in [0.3, 0.4) is 0 Å². The SMILES string of the molecule is CCn1nc(C)cc1CC(Cc1cccnc1)NN. The van der Waals surface area contributed by atoms with Gasteiger partial charge in [0.25, 0.3) is 0 Å². The maximum Gasteiger partial charge on any atom is 0.0596 e. The monoisotopic (exact) mass is 259 g/mol. The van der Waals surface area contributed by atoms with Crippen LogP contribution in [0.25, 0.3) is 0 Å². The van der Waals surface area contributed by atoms with Crippen LogP contribution in [0.5, 0.6) is 0 Å². The smallest absolute Gasteiger partial charge is 0.0596 e. The van der Waals surface area contributed by atoms with E-state index in [9.17, 15) is 0 Å². The van der Waals surface area contributed by atoms with Crippen LogP contribution in [0.1, 0.15) is 23.9 Å². The van der Waals surface area contributed by atoms with E-state index in [1.165, 1.54) is 11.3 Å². The first-order chi connectivity index (χ1) is 9.22. The van der Waals surface area contributed by atoms with Gasteiger partial charge in [0.2, 0.25) is 0 Å². The fourth-order valence-corrected chi connectivity index (χ4v) is 2.28. The van der Waals surface area contributed by atoms with Crippen molar-refractivity contribution < 1.29 is 0 Å². The molecule has 3 N–H and O–H groups in total. The third kappa shape index (κ3) is 3.62. The zero-order chi connectivity index (χ0) is 13.7. The van der Waals surface area contributed by atoms with Crippen molar-refractivity contribution in [1.29, 1.82) is 0 Å². The van der Waals surface area contributed by atoms with Crippen LogP contribution in [-0.4, -0.2) is 20.8 Å². The summed E-state index contributed by atoms with van der Waals surface area (Å²) in [5, 5.41) is 4.46. The largest absolute Gasteiger partial charge is 0.271 e. The van der Waals surface area contributed by atoms with Crippen molar-refractivity contribution in [1.82, 2.24) is 20.2 Å². The third-order valence-corrected chi connectivity index (χ3v) is 3.18. The summed E-state index contributed by atoms with van der Waals surface area (Å²) in [5.41, 5.74) is 6.34. The highest BCUT2D eigenvalue weighted by atomic mass is 15.3. The Morgan fingerprint density at radius 3 is 2.89 bits per heavy atom. The van der Waals surface area contributed by atoms with Crippen molar-refractivity contribution in [3.05, 3.63) is 47.5 Å². The molecule has 2 heterocycles. The highest BCUT2D eigenvalue weighted by Crippen LogP contribution is 2.10. The second kappa shape index (κ2) is 6.45. The van der Waals surface area contributed by atoms with Gasteiger partial charge in [-0.1, -0.05) is 6.07 Å². The van der Waals surface area contributed by atoms with Gasteiger partial charge in [0.05, 0.1) is 5.69 Å².